The van der Waals surface area contributed by atoms with Crippen LogP contribution in [0.5, 0.6) is 0 Å². The molecule has 0 saturated carbocycles. The number of rotatable bonds is 4. The maximum absolute atomic E-state index is 11.1. The number of furan rings is 1. The third-order valence-electron chi connectivity index (χ3n) is 3.68. The van der Waals surface area contributed by atoms with Crippen molar-refractivity contribution in [3.05, 3.63) is 68.8 Å². The van der Waals surface area contributed by atoms with Gasteiger partial charge in [-0.15, -0.1) is 10.2 Å². The zero-order chi connectivity index (χ0) is 18.3. The molecule has 0 aliphatic heterocycles. The first-order valence-electron chi connectivity index (χ1n) is 7.28. The first-order chi connectivity index (χ1) is 12.5. The SMILES string of the molecule is O=[N+]([O-])c1ccc2oc(-c3nnc(-c4ccccc4[N+](=O)[O-])o3)cc2c1. The van der Waals surface area contributed by atoms with E-state index in [9.17, 15) is 20.2 Å². The minimum atomic E-state index is -0.542. The Kier molecular flexibility index (Phi) is 3.43. The van der Waals surface area contributed by atoms with Crippen LogP contribution in [-0.4, -0.2) is 20.0 Å². The Hall–Kier alpha value is -4.08. The van der Waals surface area contributed by atoms with E-state index in [1.807, 2.05) is 0 Å². The van der Waals surface area contributed by atoms with Crippen molar-refractivity contribution < 1.29 is 18.7 Å². The van der Waals surface area contributed by atoms with E-state index < -0.39 is 9.85 Å². The number of nitro groups is 2. The van der Waals surface area contributed by atoms with Crippen molar-refractivity contribution in [2.75, 3.05) is 0 Å². The average molecular weight is 352 g/mol. The second kappa shape index (κ2) is 5.77. The van der Waals surface area contributed by atoms with E-state index in [0.717, 1.165) is 0 Å². The van der Waals surface area contributed by atoms with Crippen molar-refractivity contribution in [1.29, 1.82) is 0 Å². The van der Waals surface area contributed by atoms with E-state index in [1.54, 1.807) is 6.07 Å². The maximum Gasteiger partial charge on any atom is 0.283 e. The molecule has 0 spiro atoms. The molecule has 10 heteroatoms. The highest BCUT2D eigenvalue weighted by atomic mass is 16.6. The molecule has 0 atom stereocenters. The highest BCUT2D eigenvalue weighted by Crippen LogP contribution is 2.33. The summed E-state index contributed by atoms with van der Waals surface area (Å²) >= 11 is 0. The molecule has 10 nitrogen and oxygen atoms in total. The molecule has 0 aliphatic carbocycles. The van der Waals surface area contributed by atoms with Gasteiger partial charge < -0.3 is 8.83 Å². The smallest absolute Gasteiger partial charge is 0.283 e. The van der Waals surface area contributed by atoms with Crippen LogP contribution in [0, 0.1) is 20.2 Å². The zero-order valence-electron chi connectivity index (χ0n) is 12.9. The summed E-state index contributed by atoms with van der Waals surface area (Å²) in [6.07, 6.45) is 0. The van der Waals surface area contributed by atoms with E-state index in [0.29, 0.717) is 11.0 Å². The van der Waals surface area contributed by atoms with Crippen LogP contribution in [0.3, 0.4) is 0 Å². The second-order valence-corrected chi connectivity index (χ2v) is 5.28. The molecule has 0 saturated heterocycles. The molecule has 2 heterocycles. The Balaban J connectivity index is 1.76. The Morgan fingerprint density at radius 3 is 2.38 bits per heavy atom. The van der Waals surface area contributed by atoms with Gasteiger partial charge in [0.2, 0.25) is 0 Å². The van der Waals surface area contributed by atoms with E-state index in [-0.39, 0.29) is 34.5 Å². The number of non-ortho nitro benzene ring substituents is 1. The van der Waals surface area contributed by atoms with Crippen LogP contribution in [0.2, 0.25) is 0 Å². The number of benzene rings is 2. The summed E-state index contributed by atoms with van der Waals surface area (Å²) < 4.78 is 11.1. The van der Waals surface area contributed by atoms with Crippen molar-refractivity contribution in [2.45, 2.75) is 0 Å². The lowest BCUT2D eigenvalue weighted by atomic mass is 10.2. The molecule has 2 aromatic carbocycles. The lowest BCUT2D eigenvalue weighted by molar-refractivity contribution is -0.384. The molecule has 2 aromatic heterocycles. The first-order valence-corrected chi connectivity index (χ1v) is 7.28. The van der Waals surface area contributed by atoms with Crippen LogP contribution in [0.15, 0.2) is 57.4 Å². The van der Waals surface area contributed by atoms with Gasteiger partial charge in [0, 0.05) is 23.6 Å². The number of hydrogen-bond donors (Lipinski definition) is 0. The highest BCUT2D eigenvalue weighted by Gasteiger charge is 2.21. The van der Waals surface area contributed by atoms with Crippen LogP contribution in [0.4, 0.5) is 11.4 Å². The second-order valence-electron chi connectivity index (χ2n) is 5.28. The molecule has 128 valence electrons. The Bertz CT molecular complexity index is 1160. The third kappa shape index (κ3) is 2.55. The fraction of sp³-hybridized carbons (Fsp3) is 0. The predicted molar refractivity (Wildman–Crippen MR) is 88.3 cm³/mol. The van der Waals surface area contributed by atoms with Gasteiger partial charge in [0.25, 0.3) is 23.2 Å². The topological polar surface area (TPSA) is 138 Å². The van der Waals surface area contributed by atoms with Crippen LogP contribution in [0.25, 0.3) is 34.1 Å². The van der Waals surface area contributed by atoms with Gasteiger partial charge in [0.05, 0.1) is 9.85 Å². The molecule has 4 aromatic rings. The van der Waals surface area contributed by atoms with Gasteiger partial charge in [-0.3, -0.25) is 20.2 Å². The van der Waals surface area contributed by atoms with Crippen LogP contribution >= 0.6 is 0 Å². The average Bonchev–Trinajstić information content (AvgIpc) is 3.27. The summed E-state index contributed by atoms with van der Waals surface area (Å²) in [6, 6.07) is 11.7. The number of para-hydroxylation sites is 1. The monoisotopic (exact) mass is 352 g/mol. The van der Waals surface area contributed by atoms with E-state index in [1.165, 1.54) is 42.5 Å². The molecule has 0 unspecified atom stereocenters. The Morgan fingerprint density at radius 2 is 1.62 bits per heavy atom. The van der Waals surface area contributed by atoms with Gasteiger partial charge >= 0.3 is 0 Å². The van der Waals surface area contributed by atoms with Crippen molar-refractivity contribution in [3.8, 4) is 23.1 Å². The molecule has 0 radical (unpaired) electrons. The van der Waals surface area contributed by atoms with Gasteiger partial charge in [-0.05, 0) is 18.2 Å². The fourth-order valence-electron chi connectivity index (χ4n) is 2.50. The van der Waals surface area contributed by atoms with Crippen molar-refractivity contribution in [3.63, 3.8) is 0 Å². The largest absolute Gasteiger partial charge is 0.451 e. The van der Waals surface area contributed by atoms with Gasteiger partial charge in [0.15, 0.2) is 5.76 Å². The van der Waals surface area contributed by atoms with Gasteiger partial charge in [-0.1, -0.05) is 12.1 Å². The van der Waals surface area contributed by atoms with Crippen molar-refractivity contribution in [1.82, 2.24) is 10.2 Å². The minimum Gasteiger partial charge on any atom is -0.451 e. The molecular formula is C16H8N4O6. The van der Waals surface area contributed by atoms with Gasteiger partial charge in [0.1, 0.15) is 11.1 Å². The van der Waals surface area contributed by atoms with Crippen LogP contribution in [-0.2, 0) is 0 Å². The fourth-order valence-corrected chi connectivity index (χ4v) is 2.50. The lowest BCUT2D eigenvalue weighted by Crippen LogP contribution is -1.91. The van der Waals surface area contributed by atoms with Crippen molar-refractivity contribution in [2.24, 2.45) is 0 Å². The molecule has 0 N–H and O–H groups in total. The predicted octanol–water partition coefficient (Wildman–Crippen LogP) is 3.97. The van der Waals surface area contributed by atoms with E-state index in [4.69, 9.17) is 8.83 Å². The number of aromatic nitrogens is 2. The van der Waals surface area contributed by atoms with Crippen LogP contribution in [0.1, 0.15) is 0 Å². The standard InChI is InChI=1S/C16H8N4O6/c21-19(22)10-5-6-13-9(7-10)8-14(25-13)16-18-17-15(26-16)11-3-1-2-4-12(11)20(23)24/h1-8H. The van der Waals surface area contributed by atoms with Crippen LogP contribution < -0.4 is 0 Å². The first kappa shape index (κ1) is 15.4. The molecular weight excluding hydrogens is 344 g/mol. The number of nitro benzene ring substituents is 2. The molecule has 0 fully saturated rings. The maximum atomic E-state index is 11.1. The molecule has 0 aliphatic rings. The molecule has 0 amide bonds. The summed E-state index contributed by atoms with van der Waals surface area (Å²) in [4.78, 5) is 20.9. The molecule has 0 bridgehead atoms. The van der Waals surface area contributed by atoms with Gasteiger partial charge in [-0.2, -0.15) is 0 Å². The molecule has 4 rings (SSSR count). The summed E-state index contributed by atoms with van der Waals surface area (Å²) in [5, 5.41) is 30.1. The third-order valence-corrected chi connectivity index (χ3v) is 3.68. The lowest BCUT2D eigenvalue weighted by Gasteiger charge is -1.96. The normalized spacial score (nSPS) is 10.9. The highest BCUT2D eigenvalue weighted by molar-refractivity contribution is 5.83. The summed E-state index contributed by atoms with van der Waals surface area (Å²) in [6.45, 7) is 0. The summed E-state index contributed by atoms with van der Waals surface area (Å²) in [5.41, 5.74) is 0.359. The summed E-state index contributed by atoms with van der Waals surface area (Å²) in [5.74, 6) is 0.188. The molecule has 26 heavy (non-hydrogen) atoms. The van der Waals surface area contributed by atoms with E-state index >= 15 is 0 Å². The van der Waals surface area contributed by atoms with E-state index in [2.05, 4.69) is 10.2 Å². The number of nitrogens with zero attached hydrogens (tertiary/aromatic N) is 4. The van der Waals surface area contributed by atoms with Crippen molar-refractivity contribution >= 4 is 22.3 Å². The summed E-state index contributed by atoms with van der Waals surface area (Å²) in [7, 11) is 0. The zero-order valence-corrected chi connectivity index (χ0v) is 12.9. The Morgan fingerprint density at radius 1 is 0.846 bits per heavy atom. The Labute approximate surface area is 144 Å². The number of hydrogen-bond acceptors (Lipinski definition) is 8. The quantitative estimate of drug-likeness (QED) is 0.397. The van der Waals surface area contributed by atoms with Gasteiger partial charge in [-0.25, -0.2) is 0 Å². The number of fused-ring (bicyclic) bond motifs is 1. The minimum absolute atomic E-state index is 0.0111.